The van der Waals surface area contributed by atoms with Crippen LogP contribution in [-0.2, 0) is 17.9 Å². The molecule has 0 bridgehead atoms. The Bertz CT molecular complexity index is 1270. The van der Waals surface area contributed by atoms with Crippen LogP contribution in [0, 0.1) is 0 Å². The van der Waals surface area contributed by atoms with Crippen LogP contribution >= 0.6 is 11.6 Å². The third-order valence-electron chi connectivity index (χ3n) is 5.28. The summed E-state index contributed by atoms with van der Waals surface area (Å²) in [5.74, 6) is -0.732. The fraction of sp³-hybridized carbons (Fsp3) is 0.261. The Hall–Kier alpha value is -3.52. The van der Waals surface area contributed by atoms with Gasteiger partial charge >= 0.3 is 0 Å². The van der Waals surface area contributed by atoms with Gasteiger partial charge in [-0.3, -0.25) is 23.9 Å². The summed E-state index contributed by atoms with van der Waals surface area (Å²) < 4.78 is 1.27. The van der Waals surface area contributed by atoms with Gasteiger partial charge in [0.1, 0.15) is 17.8 Å². The van der Waals surface area contributed by atoms with E-state index in [1.165, 1.54) is 10.6 Å². The van der Waals surface area contributed by atoms with E-state index in [1.54, 1.807) is 47.5 Å². The number of halogens is 1. The van der Waals surface area contributed by atoms with Crippen molar-refractivity contribution in [2.75, 3.05) is 19.6 Å². The molecule has 3 heterocycles. The maximum atomic E-state index is 13.2. The predicted molar refractivity (Wildman–Crippen MR) is 123 cm³/mol. The lowest BCUT2D eigenvalue weighted by molar-refractivity contribution is -0.131. The molecule has 164 valence electrons. The van der Waals surface area contributed by atoms with Crippen LogP contribution in [-0.4, -0.2) is 51.6 Å². The van der Waals surface area contributed by atoms with Gasteiger partial charge in [0.15, 0.2) is 0 Å². The zero-order chi connectivity index (χ0) is 22.7. The number of fused-ring (bicyclic) bond motifs is 1. The Morgan fingerprint density at radius 2 is 1.97 bits per heavy atom. The van der Waals surface area contributed by atoms with Gasteiger partial charge in [0.25, 0.3) is 11.5 Å². The lowest BCUT2D eigenvalue weighted by atomic mass is 10.1. The minimum absolute atomic E-state index is 0.0383. The highest BCUT2D eigenvalue weighted by atomic mass is 35.5. The number of nitrogens with zero attached hydrogens (tertiary/aromatic N) is 4. The smallest absolute Gasteiger partial charge is 0.265 e. The summed E-state index contributed by atoms with van der Waals surface area (Å²) in [5.41, 5.74) is 1.49. The first-order valence-electron chi connectivity index (χ1n) is 10.2. The maximum absolute atomic E-state index is 13.2. The second-order valence-corrected chi connectivity index (χ2v) is 8.04. The number of carbonyl (C=O) groups is 2. The van der Waals surface area contributed by atoms with E-state index < -0.39 is 11.5 Å². The molecule has 2 amide bonds. The molecule has 1 aromatic carbocycles. The molecule has 1 aliphatic rings. The molecule has 32 heavy (non-hydrogen) atoms. The predicted octanol–water partition coefficient (Wildman–Crippen LogP) is 2.28. The molecule has 0 atom stereocenters. The van der Waals surface area contributed by atoms with Crippen molar-refractivity contribution in [1.82, 2.24) is 19.8 Å². The van der Waals surface area contributed by atoms with E-state index >= 15 is 0 Å². The van der Waals surface area contributed by atoms with E-state index in [4.69, 9.17) is 11.6 Å². The van der Waals surface area contributed by atoms with Crippen LogP contribution in [0.4, 0.5) is 0 Å². The van der Waals surface area contributed by atoms with Crippen LogP contribution in [0.3, 0.4) is 0 Å². The third-order valence-corrected chi connectivity index (χ3v) is 5.53. The first-order valence-corrected chi connectivity index (χ1v) is 10.6. The lowest BCUT2D eigenvalue weighted by Gasteiger charge is -2.26. The van der Waals surface area contributed by atoms with Gasteiger partial charge in [-0.15, -0.1) is 0 Å². The third kappa shape index (κ3) is 4.70. The average Bonchev–Trinajstić information content (AvgIpc) is 2.80. The largest absolute Gasteiger partial charge is 0.348 e. The zero-order valence-electron chi connectivity index (χ0n) is 17.5. The molecule has 9 heteroatoms. The molecule has 8 nitrogen and oxygen atoms in total. The Labute approximate surface area is 189 Å². The number of amides is 2. The number of rotatable bonds is 5. The van der Waals surface area contributed by atoms with Crippen molar-refractivity contribution in [3.63, 3.8) is 0 Å². The molecule has 1 N–H and O–H groups in total. The first-order chi connectivity index (χ1) is 15.4. The normalized spacial score (nSPS) is 13.7. The monoisotopic (exact) mass is 451 g/mol. The zero-order valence-corrected chi connectivity index (χ0v) is 18.3. The summed E-state index contributed by atoms with van der Waals surface area (Å²) in [7, 11) is 0. The lowest BCUT2D eigenvalue weighted by Crippen LogP contribution is -2.43. The van der Waals surface area contributed by atoms with Crippen LogP contribution in [0.5, 0.6) is 0 Å². The summed E-state index contributed by atoms with van der Waals surface area (Å²) in [6.45, 7) is 3.38. The quantitative estimate of drug-likeness (QED) is 0.643. The molecule has 0 aliphatic carbocycles. The van der Waals surface area contributed by atoms with E-state index in [0.717, 1.165) is 11.3 Å². The van der Waals surface area contributed by atoms with E-state index in [-0.39, 0.29) is 24.6 Å². The Kier molecular flexibility index (Phi) is 6.32. The Morgan fingerprint density at radius 1 is 1.19 bits per heavy atom. The van der Waals surface area contributed by atoms with Crippen molar-refractivity contribution in [2.45, 2.75) is 20.0 Å². The molecule has 0 fully saturated rings. The highest BCUT2D eigenvalue weighted by Gasteiger charge is 2.22. The van der Waals surface area contributed by atoms with Gasteiger partial charge in [-0.1, -0.05) is 23.7 Å². The molecule has 0 unspecified atom stereocenters. The van der Waals surface area contributed by atoms with Gasteiger partial charge in [0, 0.05) is 35.4 Å². The summed E-state index contributed by atoms with van der Waals surface area (Å²) >= 11 is 5.89. The molecule has 4 rings (SSSR count). The summed E-state index contributed by atoms with van der Waals surface area (Å²) in [6.07, 6.45) is 1.56. The molecule has 0 saturated heterocycles. The van der Waals surface area contributed by atoms with Crippen molar-refractivity contribution in [3.8, 4) is 0 Å². The Morgan fingerprint density at radius 3 is 2.72 bits per heavy atom. The number of hydrogen-bond acceptors (Lipinski definition) is 5. The van der Waals surface area contributed by atoms with Gasteiger partial charge < -0.3 is 10.2 Å². The highest BCUT2D eigenvalue weighted by molar-refractivity contribution is 6.30. The molecule has 0 saturated carbocycles. The second-order valence-electron chi connectivity index (χ2n) is 7.61. The fourth-order valence-electron chi connectivity index (χ4n) is 3.61. The molecular formula is C23H22ClN5O3. The number of aliphatic imine (C=N–C) groups is 1. The van der Waals surface area contributed by atoms with Gasteiger partial charge in [0.05, 0.1) is 13.1 Å². The summed E-state index contributed by atoms with van der Waals surface area (Å²) in [4.78, 5) is 49.2. The van der Waals surface area contributed by atoms with Crippen molar-refractivity contribution in [3.05, 3.63) is 75.2 Å². The minimum Gasteiger partial charge on any atom is -0.348 e. The number of pyridine rings is 2. The standard InChI is InChI=1S/C23H22ClN5O3/c1-15-13-28(10-9-25-15)20(30)14-29-21-17(3-2-8-26-21)11-19(23(29)32)22(31)27-12-16-4-6-18(24)7-5-16/h2-8,11H,9-10,12-14H2,1H3,(H,27,31). The maximum Gasteiger partial charge on any atom is 0.265 e. The summed E-state index contributed by atoms with van der Waals surface area (Å²) in [5, 5.41) is 3.97. The van der Waals surface area contributed by atoms with E-state index in [0.29, 0.717) is 35.7 Å². The van der Waals surface area contributed by atoms with Crippen LogP contribution < -0.4 is 10.9 Å². The SMILES string of the molecule is CC1=NCCN(C(=O)Cn2c(=O)c(C(=O)NCc3ccc(Cl)cc3)cc3cccnc32)C1. The van der Waals surface area contributed by atoms with Crippen LogP contribution in [0.15, 0.2) is 58.4 Å². The molecule has 2 aromatic heterocycles. The van der Waals surface area contributed by atoms with Crippen LogP contribution in [0.1, 0.15) is 22.8 Å². The van der Waals surface area contributed by atoms with Crippen molar-refractivity contribution < 1.29 is 9.59 Å². The number of aromatic nitrogens is 2. The second kappa shape index (κ2) is 9.32. The fourth-order valence-corrected chi connectivity index (χ4v) is 3.74. The molecule has 1 aliphatic heterocycles. The number of benzene rings is 1. The van der Waals surface area contributed by atoms with E-state index in [9.17, 15) is 14.4 Å². The van der Waals surface area contributed by atoms with Gasteiger partial charge in [0.2, 0.25) is 5.91 Å². The average molecular weight is 452 g/mol. The van der Waals surface area contributed by atoms with Crippen molar-refractivity contribution >= 4 is 40.2 Å². The van der Waals surface area contributed by atoms with Crippen LogP contribution in [0.25, 0.3) is 11.0 Å². The molecule has 0 radical (unpaired) electrons. The van der Waals surface area contributed by atoms with E-state index in [2.05, 4.69) is 15.3 Å². The number of nitrogens with one attached hydrogen (secondary N) is 1. The van der Waals surface area contributed by atoms with Gasteiger partial charge in [-0.25, -0.2) is 4.98 Å². The number of carbonyl (C=O) groups excluding carboxylic acids is 2. The minimum atomic E-state index is -0.555. The topological polar surface area (TPSA) is 96.7 Å². The molecular weight excluding hydrogens is 430 g/mol. The Balaban J connectivity index is 1.62. The highest BCUT2D eigenvalue weighted by Crippen LogP contribution is 2.13. The molecule has 0 spiro atoms. The van der Waals surface area contributed by atoms with Crippen LogP contribution in [0.2, 0.25) is 5.02 Å². The first kappa shape index (κ1) is 21.7. The number of hydrogen-bond donors (Lipinski definition) is 1. The summed E-state index contributed by atoms with van der Waals surface area (Å²) in [6, 6.07) is 12.1. The van der Waals surface area contributed by atoms with E-state index in [1.807, 2.05) is 6.92 Å². The van der Waals surface area contributed by atoms with Gasteiger partial charge in [-0.2, -0.15) is 0 Å². The van der Waals surface area contributed by atoms with Crippen molar-refractivity contribution in [1.29, 1.82) is 0 Å². The molecule has 3 aromatic rings. The van der Waals surface area contributed by atoms with Crippen molar-refractivity contribution in [2.24, 2.45) is 4.99 Å². The van der Waals surface area contributed by atoms with Gasteiger partial charge in [-0.05, 0) is 42.8 Å².